The predicted molar refractivity (Wildman–Crippen MR) is 73.6 cm³/mol. The van der Waals surface area contributed by atoms with E-state index in [2.05, 4.69) is 5.32 Å². The lowest BCUT2D eigenvalue weighted by molar-refractivity contribution is -0.157. The maximum Gasteiger partial charge on any atom is 0.407 e. The van der Waals surface area contributed by atoms with Crippen LogP contribution in [0.1, 0.15) is 38.3 Å². The van der Waals surface area contributed by atoms with Gasteiger partial charge in [0, 0.05) is 6.61 Å². The summed E-state index contributed by atoms with van der Waals surface area (Å²) in [6, 6.07) is 6.33. The van der Waals surface area contributed by atoms with Crippen molar-refractivity contribution in [3.8, 4) is 0 Å². The lowest BCUT2D eigenvalue weighted by Gasteiger charge is -2.22. The van der Waals surface area contributed by atoms with Crippen molar-refractivity contribution in [2.75, 3.05) is 13.2 Å². The van der Waals surface area contributed by atoms with Crippen LogP contribution in [0.5, 0.6) is 0 Å². The molecule has 0 fully saturated rings. The van der Waals surface area contributed by atoms with Crippen LogP contribution in [-0.4, -0.2) is 25.4 Å². The zero-order valence-corrected chi connectivity index (χ0v) is 11.9. The molecule has 0 amide bonds. The number of rotatable bonds is 8. The van der Waals surface area contributed by atoms with Gasteiger partial charge in [0.15, 0.2) is 0 Å². The normalized spacial score (nSPS) is 13.7. The standard InChI is InChI=1S/C15H22F3NO/c1-12(2)20-11-7-6-10-19-14(15(16,17)18)13-8-4-3-5-9-13/h3-5,8-9,12,14,19H,6-7,10-11H2,1-2H3. The minimum absolute atomic E-state index is 0.162. The first-order chi connectivity index (χ1) is 9.41. The van der Waals surface area contributed by atoms with Gasteiger partial charge in [-0.05, 0) is 38.8 Å². The largest absolute Gasteiger partial charge is 0.407 e. The summed E-state index contributed by atoms with van der Waals surface area (Å²) in [7, 11) is 0. The molecule has 0 aromatic heterocycles. The summed E-state index contributed by atoms with van der Waals surface area (Å²) in [5, 5.41) is 2.58. The summed E-state index contributed by atoms with van der Waals surface area (Å²) >= 11 is 0. The van der Waals surface area contributed by atoms with Gasteiger partial charge in [-0.2, -0.15) is 13.2 Å². The Labute approximate surface area is 118 Å². The molecule has 0 aliphatic rings. The molecule has 1 aromatic carbocycles. The van der Waals surface area contributed by atoms with E-state index in [-0.39, 0.29) is 11.7 Å². The van der Waals surface area contributed by atoms with E-state index in [0.717, 1.165) is 6.42 Å². The Bertz CT molecular complexity index is 365. The summed E-state index contributed by atoms with van der Waals surface area (Å²) in [5.41, 5.74) is 0.249. The molecule has 0 aliphatic carbocycles. The van der Waals surface area contributed by atoms with E-state index < -0.39 is 12.2 Å². The second-order valence-electron chi connectivity index (χ2n) is 4.97. The van der Waals surface area contributed by atoms with Gasteiger partial charge in [0.1, 0.15) is 6.04 Å². The third kappa shape index (κ3) is 6.39. The molecule has 5 heteroatoms. The second-order valence-corrected chi connectivity index (χ2v) is 4.97. The van der Waals surface area contributed by atoms with Gasteiger partial charge in [-0.15, -0.1) is 0 Å². The average Bonchev–Trinajstić information content (AvgIpc) is 2.37. The molecule has 1 aromatic rings. The topological polar surface area (TPSA) is 21.3 Å². The Balaban J connectivity index is 2.40. The zero-order valence-electron chi connectivity index (χ0n) is 11.9. The van der Waals surface area contributed by atoms with E-state index in [1.807, 2.05) is 13.8 Å². The summed E-state index contributed by atoms with van der Waals surface area (Å²) < 4.78 is 44.4. The highest BCUT2D eigenvalue weighted by Gasteiger charge is 2.40. The Morgan fingerprint density at radius 3 is 2.30 bits per heavy atom. The smallest absolute Gasteiger partial charge is 0.379 e. The number of hydrogen-bond acceptors (Lipinski definition) is 2. The van der Waals surface area contributed by atoms with Crippen molar-refractivity contribution >= 4 is 0 Å². The third-order valence-corrected chi connectivity index (χ3v) is 2.83. The number of hydrogen-bond donors (Lipinski definition) is 1. The van der Waals surface area contributed by atoms with Crippen LogP contribution in [0.25, 0.3) is 0 Å². The van der Waals surface area contributed by atoms with Crippen molar-refractivity contribution < 1.29 is 17.9 Å². The van der Waals surface area contributed by atoms with Gasteiger partial charge in [-0.3, -0.25) is 0 Å². The minimum Gasteiger partial charge on any atom is -0.379 e. The summed E-state index contributed by atoms with van der Waals surface area (Å²) in [6.07, 6.45) is -2.71. The molecule has 1 rings (SSSR count). The summed E-state index contributed by atoms with van der Waals surface area (Å²) in [6.45, 7) is 4.78. The fraction of sp³-hybridized carbons (Fsp3) is 0.600. The van der Waals surface area contributed by atoms with Gasteiger partial charge < -0.3 is 10.1 Å². The van der Waals surface area contributed by atoms with Crippen molar-refractivity contribution in [3.05, 3.63) is 35.9 Å². The second kappa shape index (κ2) is 8.27. The molecule has 1 N–H and O–H groups in total. The molecule has 1 atom stereocenters. The number of alkyl halides is 3. The molecule has 0 aliphatic heterocycles. The quantitative estimate of drug-likeness (QED) is 0.728. The molecule has 1 unspecified atom stereocenters. The average molecular weight is 289 g/mol. The lowest BCUT2D eigenvalue weighted by atomic mass is 10.1. The Kier molecular flexibility index (Phi) is 7.02. The van der Waals surface area contributed by atoms with Gasteiger partial charge in [-0.1, -0.05) is 30.3 Å². The Hall–Kier alpha value is -1.07. The fourth-order valence-corrected chi connectivity index (χ4v) is 1.86. The van der Waals surface area contributed by atoms with Crippen LogP contribution in [0.2, 0.25) is 0 Å². The number of unbranched alkanes of at least 4 members (excludes halogenated alkanes) is 1. The highest BCUT2D eigenvalue weighted by Crippen LogP contribution is 2.32. The molecule has 20 heavy (non-hydrogen) atoms. The third-order valence-electron chi connectivity index (χ3n) is 2.83. The van der Waals surface area contributed by atoms with E-state index in [9.17, 15) is 13.2 Å². The van der Waals surface area contributed by atoms with Crippen LogP contribution in [0.4, 0.5) is 13.2 Å². The molecule has 0 bridgehead atoms. The number of halogens is 3. The van der Waals surface area contributed by atoms with Gasteiger partial charge in [0.05, 0.1) is 6.10 Å². The molecular formula is C15H22F3NO. The minimum atomic E-state index is -4.28. The molecule has 114 valence electrons. The highest BCUT2D eigenvalue weighted by molar-refractivity contribution is 5.20. The molecular weight excluding hydrogens is 267 g/mol. The molecule has 0 radical (unpaired) electrons. The van der Waals surface area contributed by atoms with E-state index in [4.69, 9.17) is 4.74 Å². The van der Waals surface area contributed by atoms with Gasteiger partial charge in [0.2, 0.25) is 0 Å². The van der Waals surface area contributed by atoms with Crippen molar-refractivity contribution in [2.45, 2.75) is 45.0 Å². The lowest BCUT2D eigenvalue weighted by Crippen LogP contribution is -2.34. The van der Waals surface area contributed by atoms with Gasteiger partial charge in [-0.25, -0.2) is 0 Å². The predicted octanol–water partition coefficient (Wildman–Crippen LogP) is 4.08. The first-order valence-electron chi connectivity index (χ1n) is 6.88. The van der Waals surface area contributed by atoms with Crippen molar-refractivity contribution in [2.24, 2.45) is 0 Å². The van der Waals surface area contributed by atoms with E-state index >= 15 is 0 Å². The van der Waals surface area contributed by atoms with Gasteiger partial charge in [0.25, 0.3) is 0 Å². The molecule has 0 spiro atoms. The monoisotopic (exact) mass is 289 g/mol. The first-order valence-corrected chi connectivity index (χ1v) is 6.88. The molecule has 0 heterocycles. The van der Waals surface area contributed by atoms with Crippen LogP contribution in [-0.2, 0) is 4.74 Å². The van der Waals surface area contributed by atoms with Crippen LogP contribution in [0.15, 0.2) is 30.3 Å². The SMILES string of the molecule is CC(C)OCCCCNC(c1ccccc1)C(F)(F)F. The van der Waals surface area contributed by atoms with E-state index in [0.29, 0.717) is 19.6 Å². The Morgan fingerprint density at radius 2 is 1.75 bits per heavy atom. The van der Waals surface area contributed by atoms with Crippen molar-refractivity contribution in [1.29, 1.82) is 0 Å². The molecule has 0 saturated carbocycles. The number of nitrogens with one attached hydrogen (secondary N) is 1. The summed E-state index contributed by atoms with van der Waals surface area (Å²) in [4.78, 5) is 0. The first kappa shape index (κ1) is 17.0. The molecule has 2 nitrogen and oxygen atoms in total. The maximum atomic E-state index is 13.0. The maximum absolute atomic E-state index is 13.0. The Morgan fingerprint density at radius 1 is 1.10 bits per heavy atom. The summed E-state index contributed by atoms with van der Waals surface area (Å²) in [5.74, 6) is 0. The van der Waals surface area contributed by atoms with E-state index in [1.54, 1.807) is 18.2 Å². The fourth-order valence-electron chi connectivity index (χ4n) is 1.86. The highest BCUT2D eigenvalue weighted by atomic mass is 19.4. The number of ether oxygens (including phenoxy) is 1. The van der Waals surface area contributed by atoms with Crippen LogP contribution < -0.4 is 5.32 Å². The van der Waals surface area contributed by atoms with E-state index in [1.165, 1.54) is 12.1 Å². The van der Waals surface area contributed by atoms with Crippen LogP contribution in [0.3, 0.4) is 0 Å². The van der Waals surface area contributed by atoms with Crippen LogP contribution >= 0.6 is 0 Å². The van der Waals surface area contributed by atoms with Crippen molar-refractivity contribution in [3.63, 3.8) is 0 Å². The zero-order chi connectivity index (χ0) is 15.0. The molecule has 0 saturated heterocycles. The number of benzene rings is 1. The van der Waals surface area contributed by atoms with Gasteiger partial charge >= 0.3 is 6.18 Å². The van der Waals surface area contributed by atoms with Crippen LogP contribution in [0, 0.1) is 0 Å². The van der Waals surface area contributed by atoms with Crippen molar-refractivity contribution in [1.82, 2.24) is 5.32 Å².